The van der Waals surface area contributed by atoms with Crippen LogP contribution in [0.3, 0.4) is 0 Å². The fourth-order valence-corrected chi connectivity index (χ4v) is 4.30. The van der Waals surface area contributed by atoms with Crippen LogP contribution in [0.4, 0.5) is 4.79 Å². The van der Waals surface area contributed by atoms with E-state index in [4.69, 9.17) is 18.9 Å². The first-order valence-corrected chi connectivity index (χ1v) is 10.9. The lowest BCUT2D eigenvalue weighted by Crippen LogP contribution is -2.52. The van der Waals surface area contributed by atoms with Crippen molar-refractivity contribution in [1.29, 1.82) is 0 Å². The monoisotopic (exact) mass is 419 g/mol. The van der Waals surface area contributed by atoms with E-state index in [9.17, 15) is 4.79 Å². The molecule has 0 unspecified atom stereocenters. The Kier molecular flexibility index (Phi) is 10.7. The molecule has 1 aliphatic carbocycles. The molecule has 2 rings (SSSR count). The van der Waals surface area contributed by atoms with E-state index in [0.717, 1.165) is 24.2 Å². The Morgan fingerprint density at radius 1 is 1.20 bits per heavy atom. The summed E-state index contributed by atoms with van der Waals surface area (Å²) in [6.07, 6.45) is 9.09. The quantitative estimate of drug-likeness (QED) is 0.366. The third kappa shape index (κ3) is 6.74. The van der Waals surface area contributed by atoms with Gasteiger partial charge in [-0.2, -0.15) is 0 Å². The molecule has 1 amide bonds. The molecule has 0 N–H and O–H groups in total. The van der Waals surface area contributed by atoms with Gasteiger partial charge in [0.1, 0.15) is 12.5 Å². The molecule has 6 nitrogen and oxygen atoms in total. The number of carbonyl (C=O) groups is 1. The molecule has 1 aromatic rings. The van der Waals surface area contributed by atoms with Gasteiger partial charge in [-0.25, -0.2) is 4.79 Å². The highest BCUT2D eigenvalue weighted by molar-refractivity contribution is 5.68. The minimum Gasteiger partial charge on any atom is -0.496 e. The molecule has 6 heteroatoms. The summed E-state index contributed by atoms with van der Waals surface area (Å²) >= 11 is 0. The molecular weight excluding hydrogens is 382 g/mol. The molecular formula is C24H37NO5. The third-order valence-corrected chi connectivity index (χ3v) is 5.63. The maximum absolute atomic E-state index is 13.2. The van der Waals surface area contributed by atoms with Gasteiger partial charge in [0, 0.05) is 12.7 Å². The van der Waals surface area contributed by atoms with Crippen molar-refractivity contribution in [2.75, 3.05) is 27.6 Å². The van der Waals surface area contributed by atoms with Crippen LogP contribution in [0.15, 0.2) is 36.4 Å². The molecule has 1 aromatic carbocycles. The number of methoxy groups -OCH3 is 2. The SMILES string of the molecule is C/C=C\[C@@H](OCOC)[C@@H](C1CCCCC1)N(Cc1ccccc1OC)C(=O)OCC. The van der Waals surface area contributed by atoms with Crippen molar-refractivity contribution in [3.63, 3.8) is 0 Å². The van der Waals surface area contributed by atoms with Gasteiger partial charge in [-0.1, -0.05) is 49.6 Å². The highest BCUT2D eigenvalue weighted by atomic mass is 16.7. The van der Waals surface area contributed by atoms with Gasteiger partial charge in [0.15, 0.2) is 0 Å². The Bertz CT molecular complexity index is 657. The van der Waals surface area contributed by atoms with Crippen LogP contribution in [-0.2, 0) is 20.8 Å². The first kappa shape index (κ1) is 24.2. The molecule has 168 valence electrons. The van der Waals surface area contributed by atoms with Crippen LogP contribution in [0.1, 0.15) is 51.5 Å². The highest BCUT2D eigenvalue weighted by Crippen LogP contribution is 2.34. The number of amides is 1. The van der Waals surface area contributed by atoms with E-state index in [2.05, 4.69) is 0 Å². The molecule has 0 spiro atoms. The van der Waals surface area contributed by atoms with Crippen molar-refractivity contribution in [2.24, 2.45) is 5.92 Å². The topological polar surface area (TPSA) is 57.2 Å². The van der Waals surface area contributed by atoms with Crippen molar-refractivity contribution < 1.29 is 23.7 Å². The summed E-state index contributed by atoms with van der Waals surface area (Å²) in [7, 11) is 3.26. The summed E-state index contributed by atoms with van der Waals surface area (Å²) in [4.78, 5) is 15.0. The summed E-state index contributed by atoms with van der Waals surface area (Å²) in [6.45, 7) is 4.69. The number of hydrogen-bond donors (Lipinski definition) is 0. The minimum atomic E-state index is -0.325. The van der Waals surface area contributed by atoms with Crippen LogP contribution in [0, 0.1) is 5.92 Å². The van der Waals surface area contributed by atoms with E-state index in [1.807, 2.05) is 55.2 Å². The standard InChI is InChI=1S/C24H37NO5/c1-5-12-22(30-18-27-3)23(19-13-8-7-9-14-19)25(24(26)29-6-2)17-20-15-10-11-16-21(20)28-4/h5,10-12,15-16,19,22-23H,6-9,13-14,17-18H2,1-4H3/b12-5-/t22-,23-/m1/s1. The van der Waals surface area contributed by atoms with Gasteiger partial charge in [0.05, 0.1) is 32.4 Å². The van der Waals surface area contributed by atoms with E-state index in [-0.39, 0.29) is 25.0 Å². The molecule has 0 bridgehead atoms. The van der Waals surface area contributed by atoms with E-state index in [1.54, 1.807) is 14.2 Å². The maximum atomic E-state index is 13.2. The summed E-state index contributed by atoms with van der Waals surface area (Å²) < 4.78 is 22.3. The minimum absolute atomic E-state index is 0.152. The number of allylic oxidation sites excluding steroid dienone is 1. The predicted octanol–water partition coefficient (Wildman–Crippen LogP) is 5.17. The second kappa shape index (κ2) is 13.3. The number of para-hydroxylation sites is 1. The van der Waals surface area contributed by atoms with E-state index in [0.29, 0.717) is 19.1 Å². The van der Waals surface area contributed by atoms with Crippen LogP contribution >= 0.6 is 0 Å². The van der Waals surface area contributed by atoms with Crippen LogP contribution in [-0.4, -0.2) is 50.8 Å². The van der Waals surface area contributed by atoms with Gasteiger partial charge in [-0.3, -0.25) is 4.90 Å². The van der Waals surface area contributed by atoms with Crippen LogP contribution in [0.25, 0.3) is 0 Å². The van der Waals surface area contributed by atoms with Crippen LogP contribution in [0.2, 0.25) is 0 Å². The lowest BCUT2D eigenvalue weighted by Gasteiger charge is -2.41. The smallest absolute Gasteiger partial charge is 0.410 e. The second-order valence-corrected chi connectivity index (χ2v) is 7.59. The first-order chi connectivity index (χ1) is 14.7. The molecule has 2 atom stereocenters. The molecule has 0 heterocycles. The zero-order valence-electron chi connectivity index (χ0n) is 18.8. The number of benzene rings is 1. The normalized spacial score (nSPS) is 16.9. The zero-order valence-corrected chi connectivity index (χ0v) is 18.8. The van der Waals surface area contributed by atoms with Crippen molar-refractivity contribution in [3.05, 3.63) is 42.0 Å². The summed E-state index contributed by atoms with van der Waals surface area (Å²) in [5, 5.41) is 0. The van der Waals surface area contributed by atoms with Gasteiger partial charge in [0.2, 0.25) is 0 Å². The average Bonchev–Trinajstić information content (AvgIpc) is 2.78. The largest absolute Gasteiger partial charge is 0.496 e. The zero-order chi connectivity index (χ0) is 21.8. The highest BCUT2D eigenvalue weighted by Gasteiger charge is 2.38. The molecule has 0 aromatic heterocycles. The Morgan fingerprint density at radius 3 is 2.57 bits per heavy atom. The fourth-order valence-electron chi connectivity index (χ4n) is 4.30. The van der Waals surface area contributed by atoms with Gasteiger partial charge in [-0.05, 0) is 38.7 Å². The molecule has 1 fully saturated rings. The molecule has 0 aliphatic heterocycles. The van der Waals surface area contributed by atoms with Crippen LogP contribution < -0.4 is 4.74 Å². The lowest BCUT2D eigenvalue weighted by atomic mass is 9.80. The Hall–Kier alpha value is -2.05. The summed E-state index contributed by atoms with van der Waals surface area (Å²) in [6, 6.07) is 7.64. The summed E-state index contributed by atoms with van der Waals surface area (Å²) in [5.74, 6) is 1.09. The lowest BCUT2D eigenvalue weighted by molar-refractivity contribution is -0.0925. The molecule has 1 aliphatic rings. The van der Waals surface area contributed by atoms with Crippen molar-refractivity contribution in [2.45, 2.75) is 64.6 Å². The molecule has 0 saturated heterocycles. The Balaban J connectivity index is 2.44. The Morgan fingerprint density at radius 2 is 1.93 bits per heavy atom. The van der Waals surface area contributed by atoms with E-state index in [1.165, 1.54) is 19.3 Å². The predicted molar refractivity (Wildman–Crippen MR) is 117 cm³/mol. The van der Waals surface area contributed by atoms with Gasteiger partial charge >= 0.3 is 6.09 Å². The van der Waals surface area contributed by atoms with Crippen molar-refractivity contribution >= 4 is 6.09 Å². The number of carbonyl (C=O) groups excluding carboxylic acids is 1. The van der Waals surface area contributed by atoms with Crippen molar-refractivity contribution in [3.8, 4) is 5.75 Å². The Labute approximate surface area is 181 Å². The van der Waals surface area contributed by atoms with Gasteiger partial charge in [-0.15, -0.1) is 0 Å². The molecule has 0 radical (unpaired) electrons. The van der Waals surface area contributed by atoms with E-state index < -0.39 is 0 Å². The van der Waals surface area contributed by atoms with Crippen LogP contribution in [0.5, 0.6) is 5.75 Å². The van der Waals surface area contributed by atoms with Crippen molar-refractivity contribution in [1.82, 2.24) is 4.90 Å². The summed E-state index contributed by atoms with van der Waals surface area (Å²) in [5.41, 5.74) is 0.944. The maximum Gasteiger partial charge on any atom is 0.410 e. The fraction of sp³-hybridized carbons (Fsp3) is 0.625. The number of nitrogens with zero attached hydrogens (tertiary/aromatic N) is 1. The second-order valence-electron chi connectivity index (χ2n) is 7.59. The van der Waals surface area contributed by atoms with Gasteiger partial charge < -0.3 is 18.9 Å². The number of rotatable bonds is 11. The first-order valence-electron chi connectivity index (χ1n) is 10.9. The number of hydrogen-bond acceptors (Lipinski definition) is 5. The van der Waals surface area contributed by atoms with Gasteiger partial charge in [0.25, 0.3) is 0 Å². The molecule has 30 heavy (non-hydrogen) atoms. The van der Waals surface area contributed by atoms with E-state index >= 15 is 0 Å². The third-order valence-electron chi connectivity index (χ3n) is 5.63. The number of ether oxygens (including phenoxy) is 4. The molecule has 1 saturated carbocycles. The average molecular weight is 420 g/mol.